The van der Waals surface area contributed by atoms with Crippen molar-refractivity contribution in [2.24, 2.45) is 0 Å². The Labute approximate surface area is 158 Å². The van der Waals surface area contributed by atoms with Crippen LogP contribution in [0.1, 0.15) is 36.5 Å². The normalized spacial score (nSPS) is 14.8. The van der Waals surface area contributed by atoms with Crippen LogP contribution in [0.3, 0.4) is 0 Å². The van der Waals surface area contributed by atoms with Crippen LogP contribution >= 0.6 is 11.3 Å². The summed E-state index contributed by atoms with van der Waals surface area (Å²) in [6.07, 6.45) is 3.51. The maximum atomic E-state index is 12.5. The van der Waals surface area contributed by atoms with E-state index < -0.39 is 5.97 Å². The molecule has 5 nitrogen and oxygen atoms in total. The Morgan fingerprint density at radius 1 is 1.15 bits per heavy atom. The molecule has 0 saturated carbocycles. The first-order valence-electron chi connectivity index (χ1n) is 9.06. The first-order valence-corrected chi connectivity index (χ1v) is 9.87. The van der Waals surface area contributed by atoms with E-state index in [2.05, 4.69) is 10.2 Å². The number of hydrogen-bond acceptors (Lipinski definition) is 5. The van der Waals surface area contributed by atoms with Crippen molar-refractivity contribution in [3.63, 3.8) is 0 Å². The van der Waals surface area contributed by atoms with E-state index >= 15 is 0 Å². The van der Waals surface area contributed by atoms with Gasteiger partial charge >= 0.3 is 5.97 Å². The molecule has 1 aliphatic rings. The SMILES string of the molecule is CCOC(=O)c1cc(-c2ccccc2)sc1NC(=O)CN1CCCCC1. The number of thiophene rings is 1. The van der Waals surface area contributed by atoms with Crippen molar-refractivity contribution in [2.75, 3.05) is 31.6 Å². The van der Waals surface area contributed by atoms with E-state index in [-0.39, 0.29) is 5.91 Å². The molecule has 2 heterocycles. The quantitative estimate of drug-likeness (QED) is 0.778. The highest BCUT2D eigenvalue weighted by Gasteiger charge is 2.21. The minimum atomic E-state index is -0.404. The highest BCUT2D eigenvalue weighted by molar-refractivity contribution is 7.20. The highest BCUT2D eigenvalue weighted by Crippen LogP contribution is 2.36. The third-order valence-electron chi connectivity index (χ3n) is 4.35. The van der Waals surface area contributed by atoms with Crippen LogP contribution in [0.15, 0.2) is 36.4 Å². The van der Waals surface area contributed by atoms with Crippen molar-refractivity contribution in [3.05, 3.63) is 42.0 Å². The lowest BCUT2D eigenvalue weighted by atomic mass is 10.1. The number of ether oxygens (including phenoxy) is 1. The number of nitrogens with one attached hydrogen (secondary N) is 1. The zero-order valence-electron chi connectivity index (χ0n) is 15.0. The number of piperidine rings is 1. The molecule has 0 atom stereocenters. The zero-order chi connectivity index (χ0) is 18.4. The Balaban J connectivity index is 1.78. The third kappa shape index (κ3) is 4.71. The smallest absolute Gasteiger partial charge is 0.341 e. The predicted molar refractivity (Wildman–Crippen MR) is 105 cm³/mol. The van der Waals surface area contributed by atoms with Crippen molar-refractivity contribution < 1.29 is 14.3 Å². The van der Waals surface area contributed by atoms with Gasteiger partial charge in [0.2, 0.25) is 5.91 Å². The van der Waals surface area contributed by atoms with Crippen LogP contribution in [-0.2, 0) is 9.53 Å². The van der Waals surface area contributed by atoms with Gasteiger partial charge in [-0.2, -0.15) is 0 Å². The summed E-state index contributed by atoms with van der Waals surface area (Å²) in [5.74, 6) is -0.488. The molecule has 0 aliphatic carbocycles. The molecule has 1 aromatic heterocycles. The van der Waals surface area contributed by atoms with Crippen LogP contribution in [0.25, 0.3) is 10.4 Å². The number of carbonyl (C=O) groups is 2. The number of rotatable bonds is 6. The fourth-order valence-electron chi connectivity index (χ4n) is 3.08. The molecule has 1 amide bonds. The van der Waals surface area contributed by atoms with Crippen molar-refractivity contribution in [1.82, 2.24) is 4.90 Å². The summed E-state index contributed by atoms with van der Waals surface area (Å²) in [5, 5.41) is 3.48. The summed E-state index contributed by atoms with van der Waals surface area (Å²) >= 11 is 1.41. The largest absolute Gasteiger partial charge is 0.462 e. The van der Waals surface area contributed by atoms with Gasteiger partial charge in [-0.05, 0) is 44.5 Å². The van der Waals surface area contributed by atoms with Crippen molar-refractivity contribution >= 4 is 28.2 Å². The second-order valence-electron chi connectivity index (χ2n) is 6.32. The Morgan fingerprint density at radius 3 is 2.58 bits per heavy atom. The zero-order valence-corrected chi connectivity index (χ0v) is 15.8. The first-order chi connectivity index (χ1) is 12.7. The fraction of sp³-hybridized carbons (Fsp3) is 0.400. The van der Waals surface area contributed by atoms with Crippen molar-refractivity contribution in [3.8, 4) is 10.4 Å². The number of esters is 1. The molecule has 1 fully saturated rings. The highest BCUT2D eigenvalue weighted by atomic mass is 32.1. The standard InChI is InChI=1S/C20H24N2O3S/c1-2-25-20(24)16-13-17(15-9-5-3-6-10-15)26-19(16)21-18(23)14-22-11-7-4-8-12-22/h3,5-6,9-10,13H,2,4,7-8,11-12,14H2,1H3,(H,21,23). The summed E-state index contributed by atoms with van der Waals surface area (Å²) in [7, 11) is 0. The molecule has 1 saturated heterocycles. The van der Waals surface area contributed by atoms with E-state index in [1.165, 1.54) is 17.8 Å². The third-order valence-corrected chi connectivity index (χ3v) is 5.45. The summed E-state index contributed by atoms with van der Waals surface area (Å²) in [5.41, 5.74) is 1.43. The van der Waals surface area contributed by atoms with Crippen LogP contribution in [0.5, 0.6) is 0 Å². The molecule has 2 aromatic rings. The molecule has 0 unspecified atom stereocenters. The van der Waals surface area contributed by atoms with Gasteiger partial charge in [-0.25, -0.2) is 4.79 Å². The van der Waals surface area contributed by atoms with Crippen LogP contribution in [0.2, 0.25) is 0 Å². The number of anilines is 1. The van der Waals surface area contributed by atoms with Crippen LogP contribution in [0, 0.1) is 0 Å². The van der Waals surface area contributed by atoms with Gasteiger partial charge in [-0.3, -0.25) is 9.69 Å². The maximum absolute atomic E-state index is 12.5. The lowest BCUT2D eigenvalue weighted by Gasteiger charge is -2.25. The molecule has 0 bridgehead atoms. The first kappa shape index (κ1) is 18.6. The van der Waals surface area contributed by atoms with E-state index in [0.717, 1.165) is 36.4 Å². The van der Waals surface area contributed by atoms with Gasteiger partial charge in [0.1, 0.15) is 5.00 Å². The fourth-order valence-corrected chi connectivity index (χ4v) is 4.14. The molecule has 1 aromatic carbocycles. The van der Waals surface area contributed by atoms with Gasteiger partial charge in [-0.1, -0.05) is 36.8 Å². The molecule has 1 aliphatic heterocycles. The van der Waals surface area contributed by atoms with Gasteiger partial charge in [-0.15, -0.1) is 11.3 Å². The minimum Gasteiger partial charge on any atom is -0.462 e. The minimum absolute atomic E-state index is 0.0843. The molecule has 0 spiro atoms. The number of amides is 1. The summed E-state index contributed by atoms with van der Waals surface area (Å²) in [4.78, 5) is 27.9. The van der Waals surface area contributed by atoms with E-state index in [1.54, 1.807) is 13.0 Å². The molecule has 3 rings (SSSR count). The Morgan fingerprint density at radius 2 is 1.88 bits per heavy atom. The Hall–Kier alpha value is -2.18. The number of carbonyl (C=O) groups excluding carboxylic acids is 2. The predicted octanol–water partition coefficient (Wildman–Crippen LogP) is 4.02. The molecule has 138 valence electrons. The monoisotopic (exact) mass is 372 g/mol. The summed E-state index contributed by atoms with van der Waals surface area (Å²) < 4.78 is 5.16. The van der Waals surface area contributed by atoms with E-state index in [9.17, 15) is 9.59 Å². The number of likely N-dealkylation sites (tertiary alicyclic amines) is 1. The lowest BCUT2D eigenvalue weighted by molar-refractivity contribution is -0.117. The molecule has 6 heteroatoms. The van der Waals surface area contributed by atoms with Crippen molar-refractivity contribution in [2.45, 2.75) is 26.2 Å². The van der Waals surface area contributed by atoms with E-state index in [4.69, 9.17) is 4.74 Å². The van der Waals surface area contributed by atoms with Crippen molar-refractivity contribution in [1.29, 1.82) is 0 Å². The summed E-state index contributed by atoms with van der Waals surface area (Å²) in [6.45, 7) is 4.35. The second-order valence-corrected chi connectivity index (χ2v) is 7.38. The van der Waals surface area contributed by atoms with Crippen LogP contribution in [0.4, 0.5) is 5.00 Å². The average molecular weight is 372 g/mol. The Kier molecular flexibility index (Phi) is 6.41. The van der Waals surface area contributed by atoms with Gasteiger partial charge in [0, 0.05) is 4.88 Å². The van der Waals surface area contributed by atoms with Crippen LogP contribution < -0.4 is 5.32 Å². The lowest BCUT2D eigenvalue weighted by Crippen LogP contribution is -2.36. The Bertz CT molecular complexity index is 752. The van der Waals surface area contributed by atoms with Gasteiger partial charge in [0.15, 0.2) is 0 Å². The van der Waals surface area contributed by atoms with Gasteiger partial charge in [0.25, 0.3) is 0 Å². The second kappa shape index (κ2) is 8.96. The average Bonchev–Trinajstić information content (AvgIpc) is 3.07. The topological polar surface area (TPSA) is 58.6 Å². The van der Waals surface area contributed by atoms with Crippen LogP contribution in [-0.4, -0.2) is 43.0 Å². The number of hydrogen-bond donors (Lipinski definition) is 1. The molecular weight excluding hydrogens is 348 g/mol. The van der Waals surface area contributed by atoms with Gasteiger partial charge < -0.3 is 10.1 Å². The summed E-state index contributed by atoms with van der Waals surface area (Å²) in [6, 6.07) is 11.6. The van der Waals surface area contributed by atoms with E-state index in [0.29, 0.717) is 23.7 Å². The molecule has 0 radical (unpaired) electrons. The molecule has 1 N–H and O–H groups in total. The van der Waals surface area contributed by atoms with E-state index in [1.807, 2.05) is 30.3 Å². The number of benzene rings is 1. The molecule has 26 heavy (non-hydrogen) atoms. The number of nitrogens with zero attached hydrogens (tertiary/aromatic N) is 1. The maximum Gasteiger partial charge on any atom is 0.341 e. The van der Waals surface area contributed by atoms with Gasteiger partial charge in [0.05, 0.1) is 18.7 Å². The molecular formula is C20H24N2O3S.